The lowest BCUT2D eigenvalue weighted by Crippen LogP contribution is -2.29. The van der Waals surface area contributed by atoms with Gasteiger partial charge in [-0.05, 0) is 61.4 Å². The van der Waals surface area contributed by atoms with Crippen LogP contribution in [0.5, 0.6) is 5.75 Å². The van der Waals surface area contributed by atoms with Gasteiger partial charge < -0.3 is 9.84 Å². The van der Waals surface area contributed by atoms with Gasteiger partial charge in [-0.25, -0.2) is 0 Å². The Morgan fingerprint density at radius 3 is 2.39 bits per heavy atom. The number of hydrogen-bond donors (Lipinski definition) is 1. The number of amides is 1. The molecule has 1 aliphatic heterocycles. The molecule has 0 saturated carbocycles. The average molecular weight is 524 g/mol. The van der Waals surface area contributed by atoms with Gasteiger partial charge in [0.15, 0.2) is 0 Å². The highest BCUT2D eigenvalue weighted by Crippen LogP contribution is 2.43. The summed E-state index contributed by atoms with van der Waals surface area (Å²) in [5, 5.41) is 11.9. The monoisotopic (exact) mass is 523 g/mol. The Bertz CT molecular complexity index is 1320. The number of ether oxygens (including phenoxy) is 1. The van der Waals surface area contributed by atoms with Crippen LogP contribution >= 0.6 is 23.2 Å². The number of ketones is 1. The first kappa shape index (κ1) is 25.8. The van der Waals surface area contributed by atoms with Crippen LogP contribution in [0.1, 0.15) is 48.9 Å². The predicted molar refractivity (Wildman–Crippen MR) is 144 cm³/mol. The van der Waals surface area contributed by atoms with Crippen LogP contribution in [-0.2, 0) is 9.59 Å². The van der Waals surface area contributed by atoms with Crippen LogP contribution in [0.25, 0.3) is 5.76 Å². The summed E-state index contributed by atoms with van der Waals surface area (Å²) >= 11 is 12.3. The summed E-state index contributed by atoms with van der Waals surface area (Å²) in [4.78, 5) is 27.9. The zero-order valence-corrected chi connectivity index (χ0v) is 21.6. The molecule has 186 valence electrons. The minimum Gasteiger partial charge on any atom is -0.507 e. The second-order valence-electron chi connectivity index (χ2n) is 8.76. The van der Waals surface area contributed by atoms with Crippen molar-refractivity contribution < 1.29 is 19.4 Å². The van der Waals surface area contributed by atoms with Crippen molar-refractivity contribution in [2.24, 2.45) is 0 Å². The summed E-state index contributed by atoms with van der Waals surface area (Å²) in [7, 11) is 0. The molecule has 3 aromatic rings. The molecule has 0 aliphatic carbocycles. The number of carbonyl (C=O) groups excluding carboxylic acids is 2. The summed E-state index contributed by atoms with van der Waals surface area (Å²) in [6, 6.07) is 18.3. The van der Waals surface area contributed by atoms with Gasteiger partial charge >= 0.3 is 0 Å². The Labute approximate surface area is 220 Å². The van der Waals surface area contributed by atoms with Crippen LogP contribution in [0.2, 0.25) is 10.0 Å². The number of unbranched alkanes of at least 4 members (excludes halogenated alkanes) is 2. The summed E-state index contributed by atoms with van der Waals surface area (Å²) in [5.74, 6) is -1.10. The van der Waals surface area contributed by atoms with Crippen LogP contribution in [0.15, 0.2) is 72.3 Å². The SMILES string of the molecule is CCCCCOc1ccc(/C(O)=C2\C(=O)C(=O)N(c3ccc(Cl)c(Cl)c3)C2c2cccc(C)c2)cc1. The minimum atomic E-state index is -0.841. The topological polar surface area (TPSA) is 66.8 Å². The third-order valence-electron chi connectivity index (χ3n) is 6.13. The molecule has 0 bridgehead atoms. The second-order valence-corrected chi connectivity index (χ2v) is 9.58. The van der Waals surface area contributed by atoms with Crippen LogP contribution in [0.4, 0.5) is 5.69 Å². The van der Waals surface area contributed by atoms with Crippen molar-refractivity contribution in [2.75, 3.05) is 11.5 Å². The van der Waals surface area contributed by atoms with E-state index in [9.17, 15) is 14.7 Å². The lowest BCUT2D eigenvalue weighted by atomic mass is 9.94. The van der Waals surface area contributed by atoms with Gasteiger partial charge in [0.05, 0.1) is 28.3 Å². The Balaban J connectivity index is 1.77. The Hall–Kier alpha value is -3.28. The molecule has 1 fully saturated rings. The molecule has 5 nitrogen and oxygen atoms in total. The molecule has 1 heterocycles. The van der Waals surface area contributed by atoms with Crippen molar-refractivity contribution in [3.05, 3.63) is 99.0 Å². The first-order valence-corrected chi connectivity index (χ1v) is 12.6. The van der Waals surface area contributed by atoms with Crippen LogP contribution < -0.4 is 9.64 Å². The molecule has 1 unspecified atom stereocenters. The van der Waals surface area contributed by atoms with E-state index in [2.05, 4.69) is 6.92 Å². The molecule has 1 amide bonds. The highest BCUT2D eigenvalue weighted by molar-refractivity contribution is 6.52. The molecule has 1 atom stereocenters. The number of rotatable bonds is 8. The van der Waals surface area contributed by atoms with E-state index in [1.807, 2.05) is 31.2 Å². The number of aliphatic hydroxyl groups is 1. The number of nitrogens with zero attached hydrogens (tertiary/aromatic N) is 1. The van der Waals surface area contributed by atoms with Crippen molar-refractivity contribution in [3.63, 3.8) is 0 Å². The van der Waals surface area contributed by atoms with E-state index < -0.39 is 17.7 Å². The second kappa shape index (κ2) is 11.2. The number of carbonyl (C=O) groups is 2. The summed E-state index contributed by atoms with van der Waals surface area (Å²) < 4.78 is 5.76. The zero-order chi connectivity index (χ0) is 25.8. The molecule has 1 aliphatic rings. The van der Waals surface area contributed by atoms with Crippen molar-refractivity contribution in [2.45, 2.75) is 39.2 Å². The molecule has 36 heavy (non-hydrogen) atoms. The van der Waals surface area contributed by atoms with E-state index in [4.69, 9.17) is 27.9 Å². The van der Waals surface area contributed by atoms with Gasteiger partial charge in [0.25, 0.3) is 11.7 Å². The van der Waals surface area contributed by atoms with Gasteiger partial charge in [0, 0.05) is 11.3 Å². The van der Waals surface area contributed by atoms with E-state index in [0.29, 0.717) is 34.2 Å². The van der Waals surface area contributed by atoms with Crippen molar-refractivity contribution >= 4 is 46.3 Å². The minimum absolute atomic E-state index is 0.00767. The summed E-state index contributed by atoms with van der Waals surface area (Å²) in [5.41, 5.74) is 2.48. The number of benzene rings is 3. The van der Waals surface area contributed by atoms with E-state index in [1.165, 1.54) is 4.90 Å². The third-order valence-corrected chi connectivity index (χ3v) is 6.87. The fraction of sp³-hybridized carbons (Fsp3) is 0.241. The number of aliphatic hydroxyl groups excluding tert-OH is 1. The Kier molecular flexibility index (Phi) is 8.02. The molecule has 0 spiro atoms. The van der Waals surface area contributed by atoms with E-state index in [1.54, 1.807) is 42.5 Å². The Morgan fingerprint density at radius 1 is 0.972 bits per heavy atom. The zero-order valence-electron chi connectivity index (χ0n) is 20.1. The molecule has 7 heteroatoms. The van der Waals surface area contributed by atoms with Gasteiger partial charge in [-0.3, -0.25) is 14.5 Å². The predicted octanol–water partition coefficient (Wildman–Crippen LogP) is 7.50. The van der Waals surface area contributed by atoms with Crippen LogP contribution in [0.3, 0.4) is 0 Å². The van der Waals surface area contributed by atoms with Crippen LogP contribution in [-0.4, -0.2) is 23.4 Å². The molecular formula is C29H27Cl2NO4. The lowest BCUT2D eigenvalue weighted by molar-refractivity contribution is -0.132. The molecule has 4 rings (SSSR count). The first-order valence-electron chi connectivity index (χ1n) is 11.9. The lowest BCUT2D eigenvalue weighted by Gasteiger charge is -2.26. The number of Topliss-reactive ketones (excluding diaryl/α,β-unsaturated/α-hetero) is 1. The van der Waals surface area contributed by atoms with E-state index >= 15 is 0 Å². The molecule has 3 aromatic carbocycles. The molecule has 0 radical (unpaired) electrons. The number of anilines is 1. The average Bonchev–Trinajstić information content (AvgIpc) is 3.14. The van der Waals surface area contributed by atoms with Crippen molar-refractivity contribution in [3.8, 4) is 5.75 Å². The fourth-order valence-corrected chi connectivity index (χ4v) is 4.59. The number of hydrogen-bond acceptors (Lipinski definition) is 4. The maximum Gasteiger partial charge on any atom is 0.300 e. The fourth-order valence-electron chi connectivity index (χ4n) is 4.30. The first-order chi connectivity index (χ1) is 17.3. The summed E-state index contributed by atoms with van der Waals surface area (Å²) in [6.07, 6.45) is 3.17. The highest BCUT2D eigenvalue weighted by Gasteiger charge is 2.47. The van der Waals surface area contributed by atoms with E-state index in [-0.39, 0.29) is 16.4 Å². The van der Waals surface area contributed by atoms with Crippen molar-refractivity contribution in [1.29, 1.82) is 0 Å². The van der Waals surface area contributed by atoms with Crippen LogP contribution in [0, 0.1) is 6.92 Å². The van der Waals surface area contributed by atoms with Gasteiger partial charge in [-0.1, -0.05) is 72.8 Å². The maximum atomic E-state index is 13.3. The standard InChI is InChI=1S/C29H27Cl2NO4/c1-3-4-5-15-36-22-12-9-19(10-13-22)27(33)25-26(20-8-6-7-18(2)16-20)32(29(35)28(25)34)21-11-14-23(30)24(31)17-21/h6-14,16-17,26,33H,3-5,15H2,1-2H3/b27-25+. The Morgan fingerprint density at radius 2 is 1.72 bits per heavy atom. The van der Waals surface area contributed by atoms with Gasteiger partial charge in [-0.2, -0.15) is 0 Å². The summed E-state index contributed by atoms with van der Waals surface area (Å²) in [6.45, 7) is 4.67. The number of aryl methyl sites for hydroxylation is 1. The van der Waals surface area contributed by atoms with Gasteiger partial charge in [0.2, 0.25) is 0 Å². The third kappa shape index (κ3) is 5.28. The van der Waals surface area contributed by atoms with Gasteiger partial charge in [0.1, 0.15) is 11.5 Å². The quantitative estimate of drug-likeness (QED) is 0.143. The van der Waals surface area contributed by atoms with E-state index in [0.717, 1.165) is 24.8 Å². The molecule has 0 aromatic heterocycles. The smallest absolute Gasteiger partial charge is 0.300 e. The molecule has 1 N–H and O–H groups in total. The van der Waals surface area contributed by atoms with Crippen molar-refractivity contribution in [1.82, 2.24) is 0 Å². The van der Waals surface area contributed by atoms with Gasteiger partial charge in [-0.15, -0.1) is 0 Å². The number of halogens is 2. The highest BCUT2D eigenvalue weighted by atomic mass is 35.5. The molecule has 1 saturated heterocycles. The maximum absolute atomic E-state index is 13.3. The normalized spacial score (nSPS) is 17.0. The largest absolute Gasteiger partial charge is 0.507 e. The molecular weight excluding hydrogens is 497 g/mol.